The lowest BCUT2D eigenvalue weighted by molar-refractivity contribution is -0.143. The molecule has 0 saturated carbocycles. The van der Waals surface area contributed by atoms with Gasteiger partial charge in [0.1, 0.15) is 12.6 Å². The van der Waals surface area contributed by atoms with E-state index < -0.39 is 24.0 Å². The molecule has 2 amide bonds. The molecule has 3 atom stereocenters. The number of carboxylic acid groups (broad SMARTS) is 1. The number of carboxylic acids is 1. The Morgan fingerprint density at radius 1 is 1.11 bits per heavy atom. The molecule has 1 fully saturated rings. The number of alkyl carbamates (subject to hydrolysis) is 1. The van der Waals surface area contributed by atoms with Gasteiger partial charge in [0.05, 0.1) is 5.92 Å². The Labute approximate surface area is 210 Å². The number of benzene rings is 2. The molecule has 2 aliphatic rings. The molecular weight excluding hydrogens is 464 g/mol. The third kappa shape index (κ3) is 5.17. The minimum Gasteiger partial charge on any atom is -0.481 e. The van der Waals surface area contributed by atoms with Crippen molar-refractivity contribution in [2.45, 2.75) is 44.2 Å². The Morgan fingerprint density at radius 2 is 1.74 bits per heavy atom. The van der Waals surface area contributed by atoms with Gasteiger partial charge in [-0.3, -0.25) is 9.59 Å². The number of rotatable bonds is 9. The third-order valence-corrected chi connectivity index (χ3v) is 7.75. The van der Waals surface area contributed by atoms with Crippen LogP contribution in [0.4, 0.5) is 4.79 Å². The molecule has 0 bridgehead atoms. The third-order valence-electron chi connectivity index (χ3n) is 7.11. The van der Waals surface area contributed by atoms with E-state index in [4.69, 9.17) is 4.74 Å². The molecule has 186 valence electrons. The van der Waals surface area contributed by atoms with Crippen LogP contribution in [0.2, 0.25) is 0 Å². The molecule has 0 radical (unpaired) electrons. The van der Waals surface area contributed by atoms with Gasteiger partial charge in [-0.2, -0.15) is 11.8 Å². The first kappa shape index (κ1) is 25.1. The van der Waals surface area contributed by atoms with Gasteiger partial charge in [-0.1, -0.05) is 55.5 Å². The van der Waals surface area contributed by atoms with Gasteiger partial charge < -0.3 is 20.1 Å². The average molecular weight is 497 g/mol. The monoisotopic (exact) mass is 496 g/mol. The van der Waals surface area contributed by atoms with Crippen LogP contribution in [0.25, 0.3) is 11.1 Å². The van der Waals surface area contributed by atoms with E-state index in [-0.39, 0.29) is 24.5 Å². The van der Waals surface area contributed by atoms with Crippen LogP contribution in [0, 0.1) is 5.92 Å². The number of ether oxygens (including phenoxy) is 1. The largest absolute Gasteiger partial charge is 0.481 e. The molecule has 2 aromatic rings. The van der Waals surface area contributed by atoms with Crippen molar-refractivity contribution in [3.05, 3.63) is 59.7 Å². The highest BCUT2D eigenvalue weighted by molar-refractivity contribution is 7.98. The summed E-state index contributed by atoms with van der Waals surface area (Å²) >= 11 is 1.59. The Morgan fingerprint density at radius 3 is 2.31 bits per heavy atom. The Balaban J connectivity index is 1.43. The lowest BCUT2D eigenvalue weighted by Gasteiger charge is -2.30. The molecule has 1 aliphatic heterocycles. The lowest BCUT2D eigenvalue weighted by atomic mass is 9.98. The van der Waals surface area contributed by atoms with Gasteiger partial charge in [0.2, 0.25) is 5.91 Å². The van der Waals surface area contributed by atoms with Gasteiger partial charge in [-0.05, 0) is 53.5 Å². The van der Waals surface area contributed by atoms with Gasteiger partial charge in [0.15, 0.2) is 0 Å². The molecule has 1 aliphatic carbocycles. The van der Waals surface area contributed by atoms with E-state index in [1.54, 1.807) is 16.7 Å². The number of carbonyl (C=O) groups excluding carboxylic acids is 2. The average Bonchev–Trinajstić information content (AvgIpc) is 3.44. The topological polar surface area (TPSA) is 95.9 Å². The SMILES string of the molecule is CCC1C(C(=O)O)CCN1C(=O)C(CCSC)NC(=O)OCC1c2ccccc2-c2ccccc21. The summed E-state index contributed by atoms with van der Waals surface area (Å²) in [7, 11) is 0. The summed E-state index contributed by atoms with van der Waals surface area (Å²) in [5.74, 6) is -1.06. The van der Waals surface area contributed by atoms with E-state index in [2.05, 4.69) is 29.6 Å². The quantitative estimate of drug-likeness (QED) is 0.536. The highest BCUT2D eigenvalue weighted by Crippen LogP contribution is 2.44. The molecule has 4 rings (SSSR count). The number of hydrogen-bond donors (Lipinski definition) is 2. The Kier molecular flexibility index (Phi) is 8.00. The second-order valence-corrected chi connectivity index (χ2v) is 10.0. The van der Waals surface area contributed by atoms with Gasteiger partial charge in [0, 0.05) is 18.5 Å². The van der Waals surface area contributed by atoms with Crippen LogP contribution >= 0.6 is 11.8 Å². The van der Waals surface area contributed by atoms with E-state index >= 15 is 0 Å². The summed E-state index contributed by atoms with van der Waals surface area (Å²) in [5, 5.41) is 12.3. The van der Waals surface area contributed by atoms with Crippen molar-refractivity contribution < 1.29 is 24.2 Å². The van der Waals surface area contributed by atoms with Crippen molar-refractivity contribution in [2.75, 3.05) is 25.2 Å². The number of aliphatic carboxylic acids is 1. The smallest absolute Gasteiger partial charge is 0.407 e. The fourth-order valence-corrected chi connectivity index (χ4v) is 5.87. The maximum atomic E-state index is 13.4. The van der Waals surface area contributed by atoms with E-state index in [0.29, 0.717) is 31.6 Å². The number of nitrogens with one attached hydrogen (secondary N) is 1. The molecule has 2 aromatic carbocycles. The Bertz CT molecular complexity index is 1050. The summed E-state index contributed by atoms with van der Waals surface area (Å²) in [6.07, 6.45) is 2.76. The number of hydrogen-bond acceptors (Lipinski definition) is 5. The molecule has 3 unspecified atom stereocenters. The van der Waals surface area contributed by atoms with Crippen LogP contribution in [0.1, 0.15) is 43.2 Å². The molecule has 1 heterocycles. The summed E-state index contributed by atoms with van der Waals surface area (Å²) in [6, 6.07) is 15.1. The highest BCUT2D eigenvalue weighted by Gasteiger charge is 2.42. The van der Waals surface area contributed by atoms with Crippen LogP contribution in [0.3, 0.4) is 0 Å². The molecule has 0 spiro atoms. The summed E-state index contributed by atoms with van der Waals surface area (Å²) in [6.45, 7) is 2.45. The van der Waals surface area contributed by atoms with Crippen molar-refractivity contribution in [1.82, 2.24) is 10.2 Å². The first-order chi connectivity index (χ1) is 17.0. The molecule has 2 N–H and O–H groups in total. The van der Waals surface area contributed by atoms with Crippen molar-refractivity contribution in [2.24, 2.45) is 5.92 Å². The zero-order chi connectivity index (χ0) is 24.9. The number of likely N-dealkylation sites (tertiary alicyclic amines) is 1. The van der Waals surface area contributed by atoms with Crippen molar-refractivity contribution >= 4 is 29.7 Å². The van der Waals surface area contributed by atoms with Crippen LogP contribution in [-0.4, -0.2) is 65.2 Å². The highest BCUT2D eigenvalue weighted by atomic mass is 32.2. The van der Waals surface area contributed by atoms with E-state index in [1.165, 1.54) is 0 Å². The standard InChI is InChI=1S/C27H32N2O5S/c1-3-24-21(26(31)32)12-14-29(24)25(30)23(13-15-35-2)28-27(33)34-16-22-19-10-6-4-8-17(19)18-9-5-7-11-20(18)22/h4-11,21-24H,3,12-16H2,1-2H3,(H,28,33)(H,31,32). The zero-order valence-corrected chi connectivity index (χ0v) is 20.9. The van der Waals surface area contributed by atoms with E-state index in [9.17, 15) is 19.5 Å². The molecular formula is C27H32N2O5S. The van der Waals surface area contributed by atoms with Crippen molar-refractivity contribution in [3.8, 4) is 11.1 Å². The van der Waals surface area contributed by atoms with E-state index in [0.717, 1.165) is 22.3 Å². The van der Waals surface area contributed by atoms with Crippen LogP contribution in [0.15, 0.2) is 48.5 Å². The maximum Gasteiger partial charge on any atom is 0.407 e. The first-order valence-corrected chi connectivity index (χ1v) is 13.5. The van der Waals surface area contributed by atoms with E-state index in [1.807, 2.05) is 37.4 Å². The summed E-state index contributed by atoms with van der Waals surface area (Å²) < 4.78 is 5.65. The van der Waals surface area contributed by atoms with Gasteiger partial charge in [0.25, 0.3) is 0 Å². The lowest BCUT2D eigenvalue weighted by Crippen LogP contribution is -2.51. The maximum absolute atomic E-state index is 13.4. The molecule has 0 aromatic heterocycles. The predicted molar refractivity (Wildman–Crippen MR) is 137 cm³/mol. The minimum atomic E-state index is -0.877. The molecule has 1 saturated heterocycles. The molecule has 35 heavy (non-hydrogen) atoms. The number of amides is 2. The van der Waals surface area contributed by atoms with Crippen LogP contribution < -0.4 is 5.32 Å². The number of fused-ring (bicyclic) bond motifs is 3. The zero-order valence-electron chi connectivity index (χ0n) is 20.1. The second-order valence-electron chi connectivity index (χ2n) is 9.04. The molecule has 7 nitrogen and oxygen atoms in total. The summed E-state index contributed by atoms with van der Waals surface area (Å²) in [5.41, 5.74) is 4.55. The number of nitrogens with zero attached hydrogens (tertiary/aromatic N) is 1. The molecule has 8 heteroatoms. The number of carbonyl (C=O) groups is 3. The minimum absolute atomic E-state index is 0.0622. The predicted octanol–water partition coefficient (Wildman–Crippen LogP) is 4.36. The van der Waals surface area contributed by atoms with Gasteiger partial charge >= 0.3 is 12.1 Å². The first-order valence-electron chi connectivity index (χ1n) is 12.1. The van der Waals surface area contributed by atoms with Gasteiger partial charge in [-0.25, -0.2) is 4.79 Å². The van der Waals surface area contributed by atoms with Crippen LogP contribution in [0.5, 0.6) is 0 Å². The van der Waals surface area contributed by atoms with Crippen molar-refractivity contribution in [3.63, 3.8) is 0 Å². The van der Waals surface area contributed by atoms with Gasteiger partial charge in [-0.15, -0.1) is 0 Å². The second kappa shape index (κ2) is 11.2. The normalized spacial score (nSPS) is 19.7. The van der Waals surface area contributed by atoms with Crippen LogP contribution in [-0.2, 0) is 14.3 Å². The summed E-state index contributed by atoms with van der Waals surface area (Å²) in [4.78, 5) is 39.4. The fourth-order valence-electron chi connectivity index (χ4n) is 5.40. The number of thioether (sulfide) groups is 1. The van der Waals surface area contributed by atoms with Crippen molar-refractivity contribution in [1.29, 1.82) is 0 Å². The fraction of sp³-hybridized carbons (Fsp3) is 0.444. The Hall–Kier alpha value is -3.00.